The Morgan fingerprint density at radius 3 is 2.65 bits per heavy atom. The molecule has 3 N–H and O–H groups in total. The molecule has 0 heterocycles. The summed E-state index contributed by atoms with van der Waals surface area (Å²) >= 11 is 3.46. The van der Waals surface area contributed by atoms with E-state index in [1.807, 2.05) is 18.2 Å². The summed E-state index contributed by atoms with van der Waals surface area (Å²) < 4.78 is 6.14. The summed E-state index contributed by atoms with van der Waals surface area (Å²) in [5.41, 5.74) is 6.93. The van der Waals surface area contributed by atoms with Crippen molar-refractivity contribution in [2.45, 2.75) is 32.2 Å². The number of rotatable bonds is 6. The van der Waals surface area contributed by atoms with Gasteiger partial charge >= 0.3 is 0 Å². The SMILES string of the molecule is COc1ccc(NCCCC(C)(C)N)cc1Br. The Kier molecular flexibility index (Phi) is 5.28. The number of hydrogen-bond donors (Lipinski definition) is 2. The second-order valence-electron chi connectivity index (χ2n) is 4.87. The second kappa shape index (κ2) is 6.26. The van der Waals surface area contributed by atoms with Gasteiger partial charge in [-0.05, 0) is 60.8 Å². The van der Waals surface area contributed by atoms with Crippen LogP contribution in [0.3, 0.4) is 0 Å². The molecule has 0 saturated carbocycles. The Morgan fingerprint density at radius 1 is 1.41 bits per heavy atom. The first-order valence-electron chi connectivity index (χ1n) is 5.79. The minimum atomic E-state index is -0.0812. The first-order valence-corrected chi connectivity index (χ1v) is 6.58. The molecule has 0 aliphatic rings. The maximum atomic E-state index is 5.93. The van der Waals surface area contributed by atoms with Crippen LogP contribution in [0.15, 0.2) is 22.7 Å². The maximum absolute atomic E-state index is 5.93. The molecule has 0 radical (unpaired) electrons. The van der Waals surface area contributed by atoms with Crippen molar-refractivity contribution in [2.24, 2.45) is 5.73 Å². The third-order valence-electron chi connectivity index (χ3n) is 2.48. The molecular weight excluding hydrogens is 280 g/mol. The van der Waals surface area contributed by atoms with Crippen LogP contribution in [-0.2, 0) is 0 Å². The molecule has 96 valence electrons. The molecule has 17 heavy (non-hydrogen) atoms. The lowest BCUT2D eigenvalue weighted by molar-refractivity contribution is 0.412. The Bertz CT molecular complexity index is 361. The summed E-state index contributed by atoms with van der Waals surface area (Å²) in [6, 6.07) is 5.98. The van der Waals surface area contributed by atoms with E-state index in [2.05, 4.69) is 35.1 Å². The zero-order chi connectivity index (χ0) is 12.9. The van der Waals surface area contributed by atoms with Gasteiger partial charge in [0.05, 0.1) is 11.6 Å². The van der Waals surface area contributed by atoms with Gasteiger partial charge in [0.25, 0.3) is 0 Å². The summed E-state index contributed by atoms with van der Waals surface area (Å²) in [7, 11) is 1.66. The van der Waals surface area contributed by atoms with Gasteiger partial charge in [-0.25, -0.2) is 0 Å². The van der Waals surface area contributed by atoms with Crippen molar-refractivity contribution < 1.29 is 4.74 Å². The van der Waals surface area contributed by atoms with Crippen molar-refractivity contribution in [1.82, 2.24) is 0 Å². The third-order valence-corrected chi connectivity index (χ3v) is 3.10. The fourth-order valence-corrected chi connectivity index (χ4v) is 2.09. The van der Waals surface area contributed by atoms with Crippen molar-refractivity contribution >= 4 is 21.6 Å². The van der Waals surface area contributed by atoms with Crippen molar-refractivity contribution in [1.29, 1.82) is 0 Å². The van der Waals surface area contributed by atoms with Gasteiger partial charge in [-0.1, -0.05) is 0 Å². The number of hydrogen-bond acceptors (Lipinski definition) is 3. The van der Waals surface area contributed by atoms with E-state index in [4.69, 9.17) is 10.5 Å². The van der Waals surface area contributed by atoms with Crippen LogP contribution in [-0.4, -0.2) is 19.2 Å². The summed E-state index contributed by atoms with van der Waals surface area (Å²) in [4.78, 5) is 0. The van der Waals surface area contributed by atoms with Crippen LogP contribution < -0.4 is 15.8 Å². The van der Waals surface area contributed by atoms with E-state index in [-0.39, 0.29) is 5.54 Å². The van der Waals surface area contributed by atoms with Crippen LogP contribution in [0.5, 0.6) is 5.75 Å². The van der Waals surface area contributed by atoms with Crippen LogP contribution in [0.25, 0.3) is 0 Å². The Balaban J connectivity index is 2.40. The van der Waals surface area contributed by atoms with Gasteiger partial charge < -0.3 is 15.8 Å². The van der Waals surface area contributed by atoms with Crippen LogP contribution in [0, 0.1) is 0 Å². The number of benzene rings is 1. The molecule has 0 aromatic heterocycles. The normalized spacial score (nSPS) is 11.4. The number of ether oxygens (including phenoxy) is 1. The Hall–Kier alpha value is -0.740. The molecule has 0 fully saturated rings. The van der Waals surface area contributed by atoms with Gasteiger partial charge in [-0.2, -0.15) is 0 Å². The van der Waals surface area contributed by atoms with E-state index in [1.165, 1.54) is 0 Å². The van der Waals surface area contributed by atoms with E-state index in [9.17, 15) is 0 Å². The minimum Gasteiger partial charge on any atom is -0.496 e. The van der Waals surface area contributed by atoms with Crippen LogP contribution >= 0.6 is 15.9 Å². The van der Waals surface area contributed by atoms with Gasteiger partial charge in [-0.3, -0.25) is 0 Å². The van der Waals surface area contributed by atoms with E-state index >= 15 is 0 Å². The first kappa shape index (κ1) is 14.3. The van der Waals surface area contributed by atoms with Gasteiger partial charge in [-0.15, -0.1) is 0 Å². The molecule has 1 aromatic rings. The molecule has 0 unspecified atom stereocenters. The van der Waals surface area contributed by atoms with Crippen molar-refractivity contribution in [3.63, 3.8) is 0 Å². The van der Waals surface area contributed by atoms with E-state index in [0.29, 0.717) is 0 Å². The summed E-state index contributed by atoms with van der Waals surface area (Å²) in [5, 5.41) is 3.37. The fraction of sp³-hybridized carbons (Fsp3) is 0.538. The third kappa shape index (κ3) is 5.41. The zero-order valence-electron chi connectivity index (χ0n) is 10.7. The number of nitrogens with two attached hydrogens (primary N) is 1. The van der Waals surface area contributed by atoms with Gasteiger partial charge in [0.2, 0.25) is 0 Å². The van der Waals surface area contributed by atoms with Crippen LogP contribution in [0.2, 0.25) is 0 Å². The minimum absolute atomic E-state index is 0.0812. The Labute approximate surface area is 112 Å². The number of methoxy groups -OCH3 is 1. The average Bonchev–Trinajstić information content (AvgIpc) is 2.23. The van der Waals surface area contributed by atoms with Crippen LogP contribution in [0.4, 0.5) is 5.69 Å². The topological polar surface area (TPSA) is 47.3 Å². The summed E-state index contributed by atoms with van der Waals surface area (Å²) in [6.45, 7) is 5.04. The summed E-state index contributed by atoms with van der Waals surface area (Å²) in [5.74, 6) is 0.846. The highest BCUT2D eigenvalue weighted by Gasteiger charge is 2.09. The largest absolute Gasteiger partial charge is 0.496 e. The highest BCUT2D eigenvalue weighted by molar-refractivity contribution is 9.10. The van der Waals surface area contributed by atoms with Gasteiger partial charge in [0.15, 0.2) is 0 Å². The highest BCUT2D eigenvalue weighted by atomic mass is 79.9. The highest BCUT2D eigenvalue weighted by Crippen LogP contribution is 2.27. The lowest BCUT2D eigenvalue weighted by atomic mass is 10.0. The smallest absolute Gasteiger partial charge is 0.133 e. The molecule has 0 spiro atoms. The molecule has 1 aromatic carbocycles. The summed E-state index contributed by atoms with van der Waals surface area (Å²) in [6.07, 6.45) is 2.07. The molecule has 0 atom stereocenters. The van der Waals surface area contributed by atoms with Gasteiger partial charge in [0, 0.05) is 17.8 Å². The number of anilines is 1. The molecule has 4 heteroatoms. The maximum Gasteiger partial charge on any atom is 0.133 e. The quantitative estimate of drug-likeness (QED) is 0.792. The standard InChI is InChI=1S/C13H21BrN2O/c1-13(2,15)7-4-8-16-10-5-6-12(17-3)11(14)9-10/h5-6,9,16H,4,7-8,15H2,1-3H3. The molecule has 1 rings (SSSR count). The predicted molar refractivity (Wildman–Crippen MR) is 76.7 cm³/mol. The predicted octanol–water partition coefficient (Wildman–Crippen LogP) is 3.39. The molecule has 3 nitrogen and oxygen atoms in total. The molecule has 0 saturated heterocycles. The van der Waals surface area contributed by atoms with Crippen LogP contribution in [0.1, 0.15) is 26.7 Å². The molecule has 0 bridgehead atoms. The first-order chi connectivity index (χ1) is 7.92. The number of halogens is 1. The van der Waals surface area contributed by atoms with E-state index < -0.39 is 0 Å². The molecule has 0 aliphatic carbocycles. The monoisotopic (exact) mass is 300 g/mol. The van der Waals surface area contributed by atoms with Crippen molar-refractivity contribution in [3.05, 3.63) is 22.7 Å². The van der Waals surface area contributed by atoms with Crippen molar-refractivity contribution in [2.75, 3.05) is 19.0 Å². The average molecular weight is 301 g/mol. The fourth-order valence-electron chi connectivity index (χ4n) is 1.55. The second-order valence-corrected chi connectivity index (χ2v) is 5.72. The zero-order valence-corrected chi connectivity index (χ0v) is 12.3. The molecular formula is C13H21BrN2O. The van der Waals surface area contributed by atoms with Crippen molar-refractivity contribution in [3.8, 4) is 5.75 Å². The van der Waals surface area contributed by atoms with E-state index in [0.717, 1.165) is 35.3 Å². The lowest BCUT2D eigenvalue weighted by Crippen LogP contribution is -2.32. The lowest BCUT2D eigenvalue weighted by Gasteiger charge is -2.18. The Morgan fingerprint density at radius 2 is 2.12 bits per heavy atom. The molecule has 0 amide bonds. The van der Waals surface area contributed by atoms with E-state index in [1.54, 1.807) is 7.11 Å². The van der Waals surface area contributed by atoms with Gasteiger partial charge in [0.1, 0.15) is 5.75 Å². The molecule has 0 aliphatic heterocycles. The number of nitrogens with one attached hydrogen (secondary N) is 1.